The van der Waals surface area contributed by atoms with Gasteiger partial charge in [-0.25, -0.2) is 0 Å². The van der Waals surface area contributed by atoms with Crippen LogP contribution >= 0.6 is 0 Å². The molecule has 2 aliphatic rings. The average Bonchev–Trinajstić information content (AvgIpc) is 2.52. The van der Waals surface area contributed by atoms with E-state index in [2.05, 4.69) is 18.2 Å². The van der Waals surface area contributed by atoms with Crippen LogP contribution in [0.25, 0.3) is 11.1 Å². The standard InChI is InChI=1S/C12H12O/c1-2-13-12-9-4-3-6-10-7-5-8-11(10)12/h3-9H,2H2,1H3. The van der Waals surface area contributed by atoms with Crippen LogP contribution in [-0.2, 0) is 0 Å². The van der Waals surface area contributed by atoms with Crippen molar-refractivity contribution in [2.24, 2.45) is 0 Å². The number of fused-ring (bicyclic) bond motifs is 1. The van der Waals surface area contributed by atoms with Crippen LogP contribution in [0.1, 0.15) is 6.92 Å². The first-order chi connectivity index (χ1) is 6.42. The van der Waals surface area contributed by atoms with Gasteiger partial charge in [-0.05, 0) is 18.6 Å². The molecule has 1 nitrogen and oxygen atoms in total. The summed E-state index contributed by atoms with van der Waals surface area (Å²) in [5, 5.41) is 0. The molecule has 0 fully saturated rings. The van der Waals surface area contributed by atoms with Crippen LogP contribution in [0.15, 0.2) is 42.5 Å². The molecule has 0 radical (unpaired) electrons. The van der Waals surface area contributed by atoms with Gasteiger partial charge in [0.1, 0.15) is 5.75 Å². The van der Waals surface area contributed by atoms with E-state index in [-0.39, 0.29) is 0 Å². The fourth-order valence-electron chi connectivity index (χ4n) is 1.48. The van der Waals surface area contributed by atoms with Crippen LogP contribution in [0.4, 0.5) is 0 Å². The quantitative estimate of drug-likeness (QED) is 0.676. The number of hydrogen-bond donors (Lipinski definition) is 0. The predicted molar refractivity (Wildman–Crippen MR) is 54.2 cm³/mol. The molecular weight excluding hydrogens is 160 g/mol. The van der Waals surface area contributed by atoms with Crippen molar-refractivity contribution in [3.63, 3.8) is 0 Å². The zero-order valence-corrected chi connectivity index (χ0v) is 7.66. The van der Waals surface area contributed by atoms with E-state index in [0.717, 1.165) is 5.75 Å². The molecule has 0 atom stereocenters. The lowest BCUT2D eigenvalue weighted by atomic mass is 10.2. The molecule has 0 saturated heterocycles. The molecule has 0 aromatic rings. The van der Waals surface area contributed by atoms with E-state index in [0.29, 0.717) is 6.61 Å². The Morgan fingerprint density at radius 1 is 1.00 bits per heavy atom. The van der Waals surface area contributed by atoms with Gasteiger partial charge in [0.2, 0.25) is 0 Å². The van der Waals surface area contributed by atoms with E-state index in [1.54, 1.807) is 0 Å². The molecule has 0 aromatic carbocycles. The third-order valence-corrected chi connectivity index (χ3v) is 2.05. The topological polar surface area (TPSA) is 9.23 Å². The fourth-order valence-corrected chi connectivity index (χ4v) is 1.48. The summed E-state index contributed by atoms with van der Waals surface area (Å²) >= 11 is 0. The predicted octanol–water partition coefficient (Wildman–Crippen LogP) is 3.19. The lowest BCUT2D eigenvalue weighted by Gasteiger charge is -2.03. The van der Waals surface area contributed by atoms with Crippen LogP contribution in [0.3, 0.4) is 0 Å². The first-order valence-electron chi connectivity index (χ1n) is 4.52. The second kappa shape index (κ2) is 3.48. The molecule has 0 saturated carbocycles. The number of rotatable bonds is 2. The molecule has 0 aromatic heterocycles. The van der Waals surface area contributed by atoms with Crippen molar-refractivity contribution >= 4 is 0 Å². The maximum atomic E-state index is 5.54. The van der Waals surface area contributed by atoms with E-state index in [4.69, 9.17) is 4.74 Å². The maximum Gasteiger partial charge on any atom is 0.127 e. The third-order valence-electron chi connectivity index (χ3n) is 2.05. The van der Waals surface area contributed by atoms with Crippen molar-refractivity contribution < 1.29 is 4.74 Å². The van der Waals surface area contributed by atoms with Gasteiger partial charge < -0.3 is 4.74 Å². The van der Waals surface area contributed by atoms with Crippen LogP contribution in [0.5, 0.6) is 5.75 Å². The highest BCUT2D eigenvalue weighted by atomic mass is 16.5. The van der Waals surface area contributed by atoms with E-state index < -0.39 is 0 Å². The number of ether oxygens (including phenoxy) is 1. The van der Waals surface area contributed by atoms with Crippen molar-refractivity contribution in [3.8, 4) is 16.9 Å². The SMILES string of the molecule is CCOc1ccccc2cccc1-2. The molecule has 0 aliphatic heterocycles. The summed E-state index contributed by atoms with van der Waals surface area (Å²) in [6.45, 7) is 2.71. The van der Waals surface area contributed by atoms with Gasteiger partial charge in [0.25, 0.3) is 0 Å². The summed E-state index contributed by atoms with van der Waals surface area (Å²) in [5.41, 5.74) is 2.42. The van der Waals surface area contributed by atoms with Crippen LogP contribution in [0, 0.1) is 0 Å². The first kappa shape index (κ1) is 8.11. The fraction of sp³-hybridized carbons (Fsp3) is 0.167. The Kier molecular flexibility index (Phi) is 2.17. The van der Waals surface area contributed by atoms with Gasteiger partial charge in [0.05, 0.1) is 6.61 Å². The maximum absolute atomic E-state index is 5.54. The lowest BCUT2D eigenvalue weighted by molar-refractivity contribution is 0.342. The summed E-state index contributed by atoms with van der Waals surface area (Å²) in [7, 11) is 0. The Bertz CT molecular complexity index is 368. The van der Waals surface area contributed by atoms with Gasteiger partial charge in [0.15, 0.2) is 0 Å². The first-order valence-corrected chi connectivity index (χ1v) is 4.52. The molecule has 1 heteroatoms. The van der Waals surface area contributed by atoms with Gasteiger partial charge in [-0.15, -0.1) is 0 Å². The zero-order chi connectivity index (χ0) is 9.10. The normalized spacial score (nSPS) is 10.2. The Morgan fingerprint density at radius 3 is 2.62 bits per heavy atom. The highest BCUT2D eigenvalue weighted by Crippen LogP contribution is 2.31. The molecule has 2 rings (SSSR count). The molecule has 0 heterocycles. The highest BCUT2D eigenvalue weighted by molar-refractivity contribution is 5.72. The van der Waals surface area contributed by atoms with E-state index >= 15 is 0 Å². The molecule has 0 unspecified atom stereocenters. The average molecular weight is 172 g/mol. The zero-order valence-electron chi connectivity index (χ0n) is 7.66. The minimum absolute atomic E-state index is 0.713. The molecule has 0 N–H and O–H groups in total. The van der Waals surface area contributed by atoms with Crippen molar-refractivity contribution in [3.05, 3.63) is 42.5 Å². The Balaban J connectivity index is 2.53. The van der Waals surface area contributed by atoms with Gasteiger partial charge in [-0.1, -0.05) is 36.4 Å². The summed E-state index contributed by atoms with van der Waals surface area (Å²) in [6, 6.07) is 14.4. The molecule has 0 amide bonds. The minimum Gasteiger partial charge on any atom is -0.493 e. The summed E-state index contributed by atoms with van der Waals surface area (Å²) in [5.74, 6) is 0.965. The molecular formula is C12H12O. The Labute approximate surface area is 78.3 Å². The second-order valence-corrected chi connectivity index (χ2v) is 2.91. The van der Waals surface area contributed by atoms with Crippen molar-refractivity contribution in [2.45, 2.75) is 6.92 Å². The molecule has 66 valence electrons. The van der Waals surface area contributed by atoms with E-state index in [9.17, 15) is 0 Å². The highest BCUT2D eigenvalue weighted by Gasteiger charge is 2.05. The van der Waals surface area contributed by atoms with E-state index in [1.165, 1.54) is 11.1 Å². The van der Waals surface area contributed by atoms with Crippen LogP contribution in [-0.4, -0.2) is 6.61 Å². The van der Waals surface area contributed by atoms with Crippen molar-refractivity contribution in [1.29, 1.82) is 0 Å². The summed E-state index contributed by atoms with van der Waals surface area (Å²) < 4.78 is 5.54. The molecule has 13 heavy (non-hydrogen) atoms. The van der Waals surface area contributed by atoms with Gasteiger partial charge in [-0.2, -0.15) is 0 Å². The molecule has 0 bridgehead atoms. The van der Waals surface area contributed by atoms with E-state index in [1.807, 2.05) is 31.2 Å². The Hall–Kier alpha value is -1.50. The number of hydrogen-bond acceptors (Lipinski definition) is 1. The molecule has 2 aliphatic carbocycles. The molecule has 0 spiro atoms. The summed E-state index contributed by atoms with van der Waals surface area (Å²) in [4.78, 5) is 0. The second-order valence-electron chi connectivity index (χ2n) is 2.91. The largest absolute Gasteiger partial charge is 0.493 e. The van der Waals surface area contributed by atoms with Gasteiger partial charge >= 0.3 is 0 Å². The monoisotopic (exact) mass is 172 g/mol. The van der Waals surface area contributed by atoms with Crippen LogP contribution < -0.4 is 4.74 Å². The van der Waals surface area contributed by atoms with Crippen molar-refractivity contribution in [2.75, 3.05) is 6.61 Å². The summed E-state index contributed by atoms with van der Waals surface area (Å²) in [6.07, 6.45) is 0. The van der Waals surface area contributed by atoms with Gasteiger partial charge in [0, 0.05) is 5.56 Å². The lowest BCUT2D eigenvalue weighted by Crippen LogP contribution is -1.91. The minimum atomic E-state index is 0.713. The van der Waals surface area contributed by atoms with Crippen molar-refractivity contribution in [1.82, 2.24) is 0 Å². The smallest absolute Gasteiger partial charge is 0.127 e. The van der Waals surface area contributed by atoms with Gasteiger partial charge in [-0.3, -0.25) is 0 Å². The Morgan fingerprint density at radius 2 is 1.77 bits per heavy atom. The van der Waals surface area contributed by atoms with Crippen LogP contribution in [0.2, 0.25) is 0 Å². The third kappa shape index (κ3) is 1.50.